The van der Waals surface area contributed by atoms with Crippen molar-refractivity contribution in [2.45, 2.75) is 39.5 Å². The van der Waals surface area contributed by atoms with E-state index in [1.165, 1.54) is 5.56 Å². The highest BCUT2D eigenvalue weighted by Gasteiger charge is 2.17. The molecule has 0 saturated carbocycles. The van der Waals surface area contributed by atoms with E-state index in [4.69, 9.17) is 27.9 Å². The third-order valence-electron chi connectivity index (χ3n) is 3.00. The highest BCUT2D eigenvalue weighted by atomic mass is 35.5. The minimum Gasteiger partial charge on any atom is -0.381 e. The Kier molecular flexibility index (Phi) is 6.32. The van der Waals surface area contributed by atoms with Crippen molar-refractivity contribution in [3.63, 3.8) is 0 Å². The summed E-state index contributed by atoms with van der Waals surface area (Å²) in [5, 5.41) is 1.54. The first-order valence-electron chi connectivity index (χ1n) is 6.22. The van der Waals surface area contributed by atoms with Gasteiger partial charge >= 0.3 is 0 Å². The lowest BCUT2D eigenvalue weighted by atomic mass is 9.91. The SMILES string of the molecule is CC.Cc1c(Cl)cc(C2CCOCC2)cc1Cl. The van der Waals surface area contributed by atoms with Gasteiger partial charge in [0, 0.05) is 23.3 Å². The summed E-state index contributed by atoms with van der Waals surface area (Å²) in [4.78, 5) is 0. The summed E-state index contributed by atoms with van der Waals surface area (Å²) in [5.41, 5.74) is 2.22. The minimum absolute atomic E-state index is 0.550. The molecule has 0 bridgehead atoms. The zero-order chi connectivity index (χ0) is 12.8. The van der Waals surface area contributed by atoms with Crippen LogP contribution in [0, 0.1) is 6.92 Å². The molecule has 0 atom stereocenters. The summed E-state index contributed by atoms with van der Waals surface area (Å²) in [6, 6.07) is 4.08. The lowest BCUT2D eigenvalue weighted by Crippen LogP contribution is -2.14. The molecule has 2 rings (SSSR count). The second-order valence-corrected chi connectivity index (χ2v) is 4.81. The van der Waals surface area contributed by atoms with Crippen molar-refractivity contribution in [1.29, 1.82) is 0 Å². The second-order valence-electron chi connectivity index (χ2n) is 4.00. The molecule has 1 fully saturated rings. The number of halogens is 2. The Labute approximate surface area is 114 Å². The van der Waals surface area contributed by atoms with E-state index < -0.39 is 0 Å². The molecule has 96 valence electrons. The molecule has 0 N–H and O–H groups in total. The van der Waals surface area contributed by atoms with Crippen LogP contribution in [0.3, 0.4) is 0 Å². The van der Waals surface area contributed by atoms with Gasteiger partial charge in [-0.2, -0.15) is 0 Å². The first kappa shape index (κ1) is 14.8. The number of hydrogen-bond donors (Lipinski definition) is 0. The van der Waals surface area contributed by atoms with Crippen molar-refractivity contribution in [2.24, 2.45) is 0 Å². The number of benzene rings is 1. The molecule has 0 spiro atoms. The molecular formula is C14H20Cl2O. The first-order chi connectivity index (χ1) is 8.18. The summed E-state index contributed by atoms with van der Waals surface area (Å²) in [7, 11) is 0. The van der Waals surface area contributed by atoms with Crippen molar-refractivity contribution in [2.75, 3.05) is 13.2 Å². The fourth-order valence-electron chi connectivity index (χ4n) is 1.93. The minimum atomic E-state index is 0.550. The van der Waals surface area contributed by atoms with Gasteiger partial charge in [0.25, 0.3) is 0 Å². The maximum Gasteiger partial charge on any atom is 0.0471 e. The lowest BCUT2D eigenvalue weighted by Gasteiger charge is -2.23. The molecule has 17 heavy (non-hydrogen) atoms. The van der Waals surface area contributed by atoms with Crippen LogP contribution in [0.5, 0.6) is 0 Å². The third kappa shape index (κ3) is 3.87. The fourth-order valence-corrected chi connectivity index (χ4v) is 2.44. The van der Waals surface area contributed by atoms with E-state index in [-0.39, 0.29) is 0 Å². The van der Waals surface area contributed by atoms with Gasteiger partial charge in [0.15, 0.2) is 0 Å². The van der Waals surface area contributed by atoms with E-state index in [9.17, 15) is 0 Å². The Morgan fingerprint density at radius 3 is 2.00 bits per heavy atom. The highest BCUT2D eigenvalue weighted by Crippen LogP contribution is 2.33. The van der Waals surface area contributed by atoms with Crippen molar-refractivity contribution in [3.8, 4) is 0 Å². The lowest BCUT2D eigenvalue weighted by molar-refractivity contribution is 0.0853. The quantitative estimate of drug-likeness (QED) is 0.682. The van der Waals surface area contributed by atoms with Crippen LogP contribution in [0.1, 0.15) is 43.7 Å². The van der Waals surface area contributed by atoms with Crippen LogP contribution in [0.15, 0.2) is 12.1 Å². The normalized spacial score (nSPS) is 16.3. The van der Waals surface area contributed by atoms with E-state index in [0.717, 1.165) is 41.7 Å². The Hall–Kier alpha value is -0.240. The zero-order valence-corrected chi connectivity index (χ0v) is 12.2. The summed E-state index contributed by atoms with van der Waals surface area (Å²) in [5.74, 6) is 0.550. The van der Waals surface area contributed by atoms with Gasteiger partial charge in [-0.1, -0.05) is 37.0 Å². The van der Waals surface area contributed by atoms with E-state index in [1.54, 1.807) is 0 Å². The molecule has 0 aliphatic carbocycles. The maximum atomic E-state index is 6.12. The van der Waals surface area contributed by atoms with Crippen molar-refractivity contribution >= 4 is 23.2 Å². The summed E-state index contributed by atoms with van der Waals surface area (Å²) in [6.07, 6.45) is 2.13. The van der Waals surface area contributed by atoms with Crippen LogP contribution in [0.2, 0.25) is 10.0 Å². The molecule has 1 aliphatic rings. The monoisotopic (exact) mass is 274 g/mol. The van der Waals surface area contributed by atoms with Crippen LogP contribution in [0.25, 0.3) is 0 Å². The van der Waals surface area contributed by atoms with E-state index in [1.807, 2.05) is 32.9 Å². The van der Waals surface area contributed by atoms with Crippen molar-refractivity contribution in [3.05, 3.63) is 33.3 Å². The second kappa shape index (κ2) is 7.25. The van der Waals surface area contributed by atoms with Crippen LogP contribution in [0.4, 0.5) is 0 Å². The van der Waals surface area contributed by atoms with Gasteiger partial charge in [-0.3, -0.25) is 0 Å². The zero-order valence-electron chi connectivity index (χ0n) is 10.7. The van der Waals surface area contributed by atoms with Crippen molar-refractivity contribution in [1.82, 2.24) is 0 Å². The Balaban J connectivity index is 0.000000686. The maximum absolute atomic E-state index is 6.12. The van der Waals surface area contributed by atoms with Gasteiger partial charge in [0.1, 0.15) is 0 Å². The molecule has 1 nitrogen and oxygen atoms in total. The van der Waals surface area contributed by atoms with E-state index in [2.05, 4.69) is 0 Å². The summed E-state index contributed by atoms with van der Waals surface area (Å²) < 4.78 is 5.34. The van der Waals surface area contributed by atoms with Crippen LogP contribution >= 0.6 is 23.2 Å². The summed E-state index contributed by atoms with van der Waals surface area (Å²) >= 11 is 12.2. The molecular weight excluding hydrogens is 255 g/mol. The molecule has 0 aromatic heterocycles. The first-order valence-corrected chi connectivity index (χ1v) is 6.97. The van der Waals surface area contributed by atoms with Gasteiger partial charge < -0.3 is 4.74 Å². The molecule has 0 amide bonds. The largest absolute Gasteiger partial charge is 0.381 e. The van der Waals surface area contributed by atoms with Crippen LogP contribution in [-0.2, 0) is 4.74 Å². The van der Waals surface area contributed by atoms with E-state index >= 15 is 0 Å². The van der Waals surface area contributed by atoms with Gasteiger partial charge in [-0.25, -0.2) is 0 Å². The average Bonchev–Trinajstić information content (AvgIpc) is 2.39. The third-order valence-corrected chi connectivity index (χ3v) is 3.78. The predicted octanol–water partition coefficient (Wildman–Crippen LogP) is 5.22. The Bertz CT molecular complexity index is 334. The van der Waals surface area contributed by atoms with Crippen molar-refractivity contribution < 1.29 is 4.74 Å². The predicted molar refractivity (Wildman–Crippen MR) is 75.3 cm³/mol. The molecule has 1 aliphatic heterocycles. The molecule has 1 saturated heterocycles. The average molecular weight is 275 g/mol. The standard InChI is InChI=1S/C12H14Cl2O.C2H6/c1-8-11(13)6-10(7-12(8)14)9-2-4-15-5-3-9;1-2/h6-7,9H,2-5H2,1H3;1-2H3. The van der Waals surface area contributed by atoms with Gasteiger partial charge in [0.05, 0.1) is 0 Å². The molecule has 0 unspecified atom stereocenters. The van der Waals surface area contributed by atoms with Crippen LogP contribution < -0.4 is 0 Å². The molecule has 1 aromatic carbocycles. The van der Waals surface area contributed by atoms with Crippen LogP contribution in [-0.4, -0.2) is 13.2 Å². The van der Waals surface area contributed by atoms with Gasteiger partial charge in [0.2, 0.25) is 0 Å². The number of hydrogen-bond acceptors (Lipinski definition) is 1. The molecule has 1 aromatic rings. The smallest absolute Gasteiger partial charge is 0.0471 e. The molecule has 0 radical (unpaired) electrons. The molecule has 1 heterocycles. The Morgan fingerprint density at radius 2 is 1.53 bits per heavy atom. The van der Waals surface area contributed by atoms with E-state index in [0.29, 0.717) is 5.92 Å². The topological polar surface area (TPSA) is 9.23 Å². The molecule has 3 heteroatoms. The summed E-state index contributed by atoms with van der Waals surface area (Å²) in [6.45, 7) is 7.62. The van der Waals surface area contributed by atoms with Gasteiger partial charge in [-0.05, 0) is 48.9 Å². The Morgan fingerprint density at radius 1 is 1.06 bits per heavy atom. The van der Waals surface area contributed by atoms with Gasteiger partial charge in [-0.15, -0.1) is 0 Å². The number of rotatable bonds is 1. The number of ether oxygens (including phenoxy) is 1. The highest BCUT2D eigenvalue weighted by molar-refractivity contribution is 6.36. The fraction of sp³-hybridized carbons (Fsp3) is 0.571.